The minimum Gasteiger partial charge on any atom is -0.496 e. The molecule has 0 saturated carbocycles. The van der Waals surface area contributed by atoms with E-state index >= 15 is 0 Å². The van der Waals surface area contributed by atoms with Crippen molar-refractivity contribution in [2.75, 3.05) is 14.2 Å². The first-order valence-electron chi connectivity index (χ1n) is 7.66. The number of rotatable bonds is 5. The molecule has 0 saturated heterocycles. The van der Waals surface area contributed by atoms with E-state index < -0.39 is 0 Å². The Morgan fingerprint density at radius 3 is 2.65 bits per heavy atom. The van der Waals surface area contributed by atoms with Crippen molar-refractivity contribution in [1.82, 2.24) is 5.32 Å². The van der Waals surface area contributed by atoms with Crippen molar-refractivity contribution < 1.29 is 4.74 Å². The van der Waals surface area contributed by atoms with E-state index in [9.17, 15) is 0 Å². The van der Waals surface area contributed by atoms with Crippen molar-refractivity contribution in [3.05, 3.63) is 40.5 Å². The number of nitrogens with one attached hydrogen (secondary N) is 1. The number of benzene rings is 1. The standard InChI is InChI=1S/C18H27NO/c1-13-10-14(2)18(17(11-13)20-4)16(19-3)12-15-8-6-5-7-9-15/h8,10-11,16,19H,5-7,9,12H2,1-4H3. The Morgan fingerprint density at radius 1 is 1.25 bits per heavy atom. The molecule has 1 aliphatic carbocycles. The van der Waals surface area contributed by atoms with Crippen LogP contribution in [-0.4, -0.2) is 14.2 Å². The summed E-state index contributed by atoms with van der Waals surface area (Å²) < 4.78 is 5.62. The molecule has 0 heterocycles. The maximum absolute atomic E-state index is 5.62. The fraction of sp³-hybridized carbons (Fsp3) is 0.556. The number of hydrogen-bond donors (Lipinski definition) is 1. The minimum absolute atomic E-state index is 0.342. The van der Waals surface area contributed by atoms with Gasteiger partial charge >= 0.3 is 0 Å². The highest BCUT2D eigenvalue weighted by molar-refractivity contribution is 5.45. The SMILES string of the molecule is CNC(CC1=CCCCC1)c1c(C)cc(C)cc1OC. The molecule has 0 spiro atoms. The van der Waals surface area contributed by atoms with Gasteiger partial charge < -0.3 is 10.1 Å². The molecule has 0 aliphatic heterocycles. The van der Waals surface area contributed by atoms with E-state index in [-0.39, 0.29) is 0 Å². The second-order valence-corrected chi connectivity index (χ2v) is 5.85. The van der Waals surface area contributed by atoms with Crippen LogP contribution in [0.2, 0.25) is 0 Å². The van der Waals surface area contributed by atoms with E-state index in [4.69, 9.17) is 4.74 Å². The molecular weight excluding hydrogens is 246 g/mol. The van der Waals surface area contributed by atoms with Crippen molar-refractivity contribution in [1.29, 1.82) is 0 Å². The fourth-order valence-corrected chi connectivity index (χ4v) is 3.26. The zero-order chi connectivity index (χ0) is 14.5. The van der Waals surface area contributed by atoms with Crippen molar-refractivity contribution in [2.24, 2.45) is 0 Å². The average molecular weight is 273 g/mol. The fourth-order valence-electron chi connectivity index (χ4n) is 3.26. The van der Waals surface area contributed by atoms with E-state index in [1.165, 1.54) is 42.4 Å². The normalized spacial score (nSPS) is 16.7. The van der Waals surface area contributed by atoms with Crippen LogP contribution in [0.25, 0.3) is 0 Å². The van der Waals surface area contributed by atoms with Crippen molar-refractivity contribution in [3.8, 4) is 5.75 Å². The van der Waals surface area contributed by atoms with Crippen LogP contribution in [0.5, 0.6) is 5.75 Å². The highest BCUT2D eigenvalue weighted by Gasteiger charge is 2.19. The van der Waals surface area contributed by atoms with Crippen molar-refractivity contribution >= 4 is 0 Å². The van der Waals surface area contributed by atoms with Crippen molar-refractivity contribution in [2.45, 2.75) is 52.0 Å². The van der Waals surface area contributed by atoms with Gasteiger partial charge in [-0.25, -0.2) is 0 Å². The molecule has 2 heteroatoms. The quantitative estimate of drug-likeness (QED) is 0.800. The van der Waals surface area contributed by atoms with Gasteiger partial charge in [-0.1, -0.05) is 17.7 Å². The van der Waals surface area contributed by atoms with E-state index in [0.717, 1.165) is 12.2 Å². The van der Waals surface area contributed by atoms with Crippen LogP contribution in [0.15, 0.2) is 23.8 Å². The summed E-state index contributed by atoms with van der Waals surface area (Å²) in [6.07, 6.45) is 8.72. The van der Waals surface area contributed by atoms with Gasteiger partial charge in [0.25, 0.3) is 0 Å². The molecule has 0 fully saturated rings. The lowest BCUT2D eigenvalue weighted by Gasteiger charge is -2.24. The monoisotopic (exact) mass is 273 g/mol. The van der Waals surface area contributed by atoms with Gasteiger partial charge in [-0.05, 0) is 70.2 Å². The van der Waals surface area contributed by atoms with Gasteiger partial charge in [-0.15, -0.1) is 0 Å². The molecule has 1 aliphatic rings. The molecule has 1 N–H and O–H groups in total. The van der Waals surface area contributed by atoms with Crippen LogP contribution in [0.4, 0.5) is 0 Å². The van der Waals surface area contributed by atoms with Gasteiger partial charge in [0.2, 0.25) is 0 Å². The molecule has 1 aromatic carbocycles. The topological polar surface area (TPSA) is 21.3 Å². The third kappa shape index (κ3) is 3.43. The summed E-state index contributed by atoms with van der Waals surface area (Å²) >= 11 is 0. The lowest BCUT2D eigenvalue weighted by Crippen LogP contribution is -2.19. The van der Waals surface area contributed by atoms with Crippen LogP contribution >= 0.6 is 0 Å². The molecule has 2 rings (SSSR count). The Kier molecular flexibility index (Phi) is 5.24. The maximum atomic E-state index is 5.62. The van der Waals surface area contributed by atoms with E-state index in [1.807, 2.05) is 7.05 Å². The molecule has 1 aromatic rings. The molecule has 1 atom stereocenters. The zero-order valence-electron chi connectivity index (χ0n) is 13.3. The van der Waals surface area contributed by atoms with Gasteiger partial charge in [0, 0.05) is 11.6 Å². The van der Waals surface area contributed by atoms with Crippen LogP contribution < -0.4 is 10.1 Å². The zero-order valence-corrected chi connectivity index (χ0v) is 13.3. The average Bonchev–Trinajstić information content (AvgIpc) is 2.45. The Balaban J connectivity index is 2.29. The predicted octanol–water partition coefficient (Wildman–Crippen LogP) is 4.46. The molecule has 0 bridgehead atoms. The Hall–Kier alpha value is -1.28. The molecule has 0 aromatic heterocycles. The number of hydrogen-bond acceptors (Lipinski definition) is 2. The smallest absolute Gasteiger partial charge is 0.124 e. The third-order valence-electron chi connectivity index (χ3n) is 4.26. The first-order chi connectivity index (χ1) is 9.65. The van der Waals surface area contributed by atoms with Gasteiger partial charge in [0.15, 0.2) is 0 Å². The first-order valence-corrected chi connectivity index (χ1v) is 7.66. The van der Waals surface area contributed by atoms with E-state index in [2.05, 4.69) is 37.4 Å². The predicted molar refractivity (Wildman–Crippen MR) is 85.4 cm³/mol. The molecule has 0 radical (unpaired) electrons. The van der Waals surface area contributed by atoms with E-state index in [1.54, 1.807) is 12.7 Å². The number of allylic oxidation sites excluding steroid dienone is 1. The lowest BCUT2D eigenvalue weighted by molar-refractivity contribution is 0.399. The maximum Gasteiger partial charge on any atom is 0.124 e. The summed E-state index contributed by atoms with van der Waals surface area (Å²) in [4.78, 5) is 0. The highest BCUT2D eigenvalue weighted by atomic mass is 16.5. The summed E-state index contributed by atoms with van der Waals surface area (Å²) in [6.45, 7) is 4.31. The molecule has 0 amide bonds. The van der Waals surface area contributed by atoms with Gasteiger partial charge in [0.05, 0.1) is 7.11 Å². The van der Waals surface area contributed by atoms with Crippen LogP contribution in [0.3, 0.4) is 0 Å². The van der Waals surface area contributed by atoms with Crippen molar-refractivity contribution in [3.63, 3.8) is 0 Å². The highest BCUT2D eigenvalue weighted by Crippen LogP contribution is 2.35. The third-order valence-corrected chi connectivity index (χ3v) is 4.26. The molecule has 1 unspecified atom stereocenters. The van der Waals surface area contributed by atoms with Gasteiger partial charge in [-0.2, -0.15) is 0 Å². The lowest BCUT2D eigenvalue weighted by atomic mass is 9.89. The van der Waals surface area contributed by atoms with Gasteiger partial charge in [0.1, 0.15) is 5.75 Å². The minimum atomic E-state index is 0.342. The molecule has 110 valence electrons. The second kappa shape index (κ2) is 6.94. The molecular formula is C18H27NO. The number of aryl methyl sites for hydroxylation is 2. The molecule has 2 nitrogen and oxygen atoms in total. The Bertz CT molecular complexity index is 490. The second-order valence-electron chi connectivity index (χ2n) is 5.85. The van der Waals surface area contributed by atoms with Crippen LogP contribution in [0, 0.1) is 13.8 Å². The summed E-state index contributed by atoms with van der Waals surface area (Å²) in [5.74, 6) is 1.01. The number of methoxy groups -OCH3 is 1. The van der Waals surface area contributed by atoms with Crippen LogP contribution in [0.1, 0.15) is 54.8 Å². The van der Waals surface area contributed by atoms with Gasteiger partial charge in [-0.3, -0.25) is 0 Å². The van der Waals surface area contributed by atoms with Crippen LogP contribution in [-0.2, 0) is 0 Å². The Labute approximate surface area is 123 Å². The largest absolute Gasteiger partial charge is 0.496 e. The molecule has 20 heavy (non-hydrogen) atoms. The summed E-state index contributed by atoms with van der Waals surface area (Å²) in [7, 11) is 3.82. The summed E-state index contributed by atoms with van der Waals surface area (Å²) in [6, 6.07) is 4.73. The number of ether oxygens (including phenoxy) is 1. The van der Waals surface area contributed by atoms with E-state index in [0.29, 0.717) is 6.04 Å². The summed E-state index contributed by atoms with van der Waals surface area (Å²) in [5, 5.41) is 3.48. The summed E-state index contributed by atoms with van der Waals surface area (Å²) in [5.41, 5.74) is 5.48. The Morgan fingerprint density at radius 2 is 2.05 bits per heavy atom. The first kappa shape index (κ1) is 15.1.